The summed E-state index contributed by atoms with van der Waals surface area (Å²) >= 11 is 0. The van der Waals surface area contributed by atoms with E-state index in [1.54, 1.807) is 0 Å². The Morgan fingerprint density at radius 1 is 1.12 bits per heavy atom. The second-order valence-corrected chi connectivity index (χ2v) is 5.92. The first-order valence-electron chi connectivity index (χ1n) is 6.05. The quantitative estimate of drug-likeness (QED) is 0.476. The molecule has 0 spiro atoms. The Bertz CT molecular complexity index is 252. The molecule has 0 aromatic rings. The molecule has 16 heavy (non-hydrogen) atoms. The van der Waals surface area contributed by atoms with E-state index < -0.39 is 10.1 Å². The molecule has 0 aliphatic rings. The Morgan fingerprint density at radius 2 is 1.75 bits per heavy atom. The lowest BCUT2D eigenvalue weighted by Crippen LogP contribution is -2.20. The van der Waals surface area contributed by atoms with Gasteiger partial charge in [0.15, 0.2) is 0 Å². The number of hydrogen-bond donors (Lipinski definition) is 1. The van der Waals surface area contributed by atoms with Crippen LogP contribution in [0.4, 0.5) is 0 Å². The number of unbranched alkanes of at least 4 members (excludes halogenated alkanes) is 3. The first-order valence-corrected chi connectivity index (χ1v) is 7.87. The molecule has 0 aliphatic heterocycles. The minimum absolute atomic E-state index is 0.181. The van der Waals surface area contributed by atoms with Crippen molar-refractivity contribution < 1.29 is 12.6 Å². The third kappa shape index (κ3) is 11.9. The maximum absolute atomic E-state index is 10.7. The zero-order valence-corrected chi connectivity index (χ0v) is 11.3. The molecule has 0 aromatic heterocycles. The van der Waals surface area contributed by atoms with Gasteiger partial charge in [0, 0.05) is 6.04 Å². The van der Waals surface area contributed by atoms with Crippen LogP contribution in [0.25, 0.3) is 0 Å². The smallest absolute Gasteiger partial charge is 0.264 e. The highest BCUT2D eigenvalue weighted by Gasteiger charge is 2.04. The lowest BCUT2D eigenvalue weighted by Gasteiger charge is -2.10. The van der Waals surface area contributed by atoms with Crippen molar-refractivity contribution in [1.29, 1.82) is 0 Å². The minimum atomic E-state index is -3.29. The van der Waals surface area contributed by atoms with Gasteiger partial charge in [-0.3, -0.25) is 4.18 Å². The average Bonchev–Trinajstić information content (AvgIpc) is 2.18. The Morgan fingerprint density at radius 3 is 2.31 bits per heavy atom. The summed E-state index contributed by atoms with van der Waals surface area (Å²) in [6, 6.07) is 0.181. The van der Waals surface area contributed by atoms with Crippen LogP contribution in [0.1, 0.15) is 51.9 Å². The van der Waals surface area contributed by atoms with Crippen LogP contribution < -0.4 is 5.73 Å². The number of rotatable bonds is 10. The summed E-state index contributed by atoms with van der Waals surface area (Å²) in [6.45, 7) is 2.43. The molecule has 0 rings (SSSR count). The fourth-order valence-electron chi connectivity index (χ4n) is 1.53. The van der Waals surface area contributed by atoms with E-state index in [2.05, 4.69) is 11.1 Å². The van der Waals surface area contributed by atoms with E-state index >= 15 is 0 Å². The van der Waals surface area contributed by atoms with Gasteiger partial charge in [0.05, 0.1) is 12.9 Å². The Labute approximate surface area is 99.7 Å². The van der Waals surface area contributed by atoms with Gasteiger partial charge in [-0.2, -0.15) is 8.42 Å². The molecular weight excluding hydrogens is 226 g/mol. The lowest BCUT2D eigenvalue weighted by molar-refractivity contribution is 0.304. The van der Waals surface area contributed by atoms with Crippen LogP contribution in [0.2, 0.25) is 0 Å². The zero-order chi connectivity index (χ0) is 12.4. The summed E-state index contributed by atoms with van der Waals surface area (Å²) in [5, 5.41) is 0. The van der Waals surface area contributed by atoms with Crippen LogP contribution in [-0.4, -0.2) is 27.3 Å². The molecule has 0 bridgehead atoms. The molecule has 0 fully saturated rings. The van der Waals surface area contributed by atoms with Crippen LogP contribution >= 0.6 is 0 Å². The van der Waals surface area contributed by atoms with Gasteiger partial charge in [-0.25, -0.2) is 0 Å². The highest BCUT2D eigenvalue weighted by atomic mass is 32.2. The SMILES string of the molecule is CCCCCCC(N)CCCOS(C)(=O)=O. The summed E-state index contributed by atoms with van der Waals surface area (Å²) in [6.07, 6.45) is 8.55. The normalized spacial score (nSPS) is 13.9. The molecular formula is C11H25NO3S. The maximum Gasteiger partial charge on any atom is 0.264 e. The third-order valence-corrected chi connectivity index (χ3v) is 3.04. The van der Waals surface area contributed by atoms with Crippen LogP contribution in [0.3, 0.4) is 0 Å². The van der Waals surface area contributed by atoms with Crippen LogP contribution in [-0.2, 0) is 14.3 Å². The Kier molecular flexibility index (Phi) is 8.89. The summed E-state index contributed by atoms with van der Waals surface area (Å²) in [5.74, 6) is 0. The Hall–Kier alpha value is -0.130. The Balaban J connectivity index is 3.33. The van der Waals surface area contributed by atoms with E-state index in [1.165, 1.54) is 25.7 Å². The van der Waals surface area contributed by atoms with E-state index in [4.69, 9.17) is 5.73 Å². The molecule has 5 heteroatoms. The van der Waals surface area contributed by atoms with E-state index in [9.17, 15) is 8.42 Å². The molecule has 0 radical (unpaired) electrons. The van der Waals surface area contributed by atoms with Gasteiger partial charge in [0.25, 0.3) is 10.1 Å². The average molecular weight is 251 g/mol. The maximum atomic E-state index is 10.7. The topological polar surface area (TPSA) is 69.4 Å². The minimum Gasteiger partial charge on any atom is -0.328 e. The zero-order valence-electron chi connectivity index (χ0n) is 10.4. The molecule has 0 heterocycles. The highest BCUT2D eigenvalue weighted by molar-refractivity contribution is 7.85. The van der Waals surface area contributed by atoms with Crippen molar-refractivity contribution in [2.24, 2.45) is 5.73 Å². The van der Waals surface area contributed by atoms with Crippen molar-refractivity contribution in [3.63, 3.8) is 0 Å². The van der Waals surface area contributed by atoms with Crippen molar-refractivity contribution in [2.75, 3.05) is 12.9 Å². The molecule has 0 amide bonds. The molecule has 0 aliphatic carbocycles. The molecule has 1 unspecified atom stereocenters. The molecule has 0 saturated carbocycles. The van der Waals surface area contributed by atoms with Gasteiger partial charge in [-0.1, -0.05) is 32.6 Å². The van der Waals surface area contributed by atoms with Crippen molar-refractivity contribution in [3.05, 3.63) is 0 Å². The van der Waals surface area contributed by atoms with Crippen LogP contribution in [0.15, 0.2) is 0 Å². The second kappa shape index (κ2) is 8.96. The molecule has 0 saturated heterocycles. The van der Waals surface area contributed by atoms with Crippen molar-refractivity contribution >= 4 is 10.1 Å². The molecule has 2 N–H and O–H groups in total. The van der Waals surface area contributed by atoms with Gasteiger partial charge in [-0.15, -0.1) is 0 Å². The summed E-state index contributed by atoms with van der Waals surface area (Å²) in [5.41, 5.74) is 5.90. The van der Waals surface area contributed by atoms with Gasteiger partial charge in [0.2, 0.25) is 0 Å². The predicted octanol–water partition coefficient (Wildman–Crippen LogP) is 2.04. The fourth-order valence-corrected chi connectivity index (χ4v) is 1.95. The van der Waals surface area contributed by atoms with Crippen molar-refractivity contribution in [2.45, 2.75) is 57.9 Å². The third-order valence-electron chi connectivity index (χ3n) is 2.45. The highest BCUT2D eigenvalue weighted by Crippen LogP contribution is 2.08. The first-order chi connectivity index (χ1) is 7.45. The molecule has 1 atom stereocenters. The van der Waals surface area contributed by atoms with Crippen molar-refractivity contribution in [1.82, 2.24) is 0 Å². The van der Waals surface area contributed by atoms with Gasteiger partial charge in [0.1, 0.15) is 0 Å². The molecule has 4 nitrogen and oxygen atoms in total. The van der Waals surface area contributed by atoms with Crippen LogP contribution in [0.5, 0.6) is 0 Å². The van der Waals surface area contributed by atoms with E-state index in [0.29, 0.717) is 6.42 Å². The largest absolute Gasteiger partial charge is 0.328 e. The lowest BCUT2D eigenvalue weighted by atomic mass is 10.0. The van der Waals surface area contributed by atoms with Crippen LogP contribution in [0, 0.1) is 0 Å². The van der Waals surface area contributed by atoms with Crippen molar-refractivity contribution in [3.8, 4) is 0 Å². The van der Waals surface area contributed by atoms with Gasteiger partial charge >= 0.3 is 0 Å². The summed E-state index contributed by atoms with van der Waals surface area (Å²) in [7, 11) is -3.29. The van der Waals surface area contributed by atoms with E-state index in [1.807, 2.05) is 0 Å². The molecule has 98 valence electrons. The molecule has 0 aromatic carbocycles. The summed E-state index contributed by atoms with van der Waals surface area (Å²) < 4.78 is 26.0. The van der Waals surface area contributed by atoms with Gasteiger partial charge < -0.3 is 5.73 Å². The van der Waals surface area contributed by atoms with E-state index in [0.717, 1.165) is 19.1 Å². The second-order valence-electron chi connectivity index (χ2n) is 4.28. The fraction of sp³-hybridized carbons (Fsp3) is 1.00. The number of hydrogen-bond acceptors (Lipinski definition) is 4. The standard InChI is InChI=1S/C11H25NO3S/c1-3-4-5-6-8-11(12)9-7-10-15-16(2,13)14/h11H,3-10,12H2,1-2H3. The van der Waals surface area contributed by atoms with Gasteiger partial charge in [-0.05, 0) is 19.3 Å². The first kappa shape index (κ1) is 15.9. The monoisotopic (exact) mass is 251 g/mol. The predicted molar refractivity (Wildman–Crippen MR) is 66.8 cm³/mol. The van der Waals surface area contributed by atoms with E-state index in [-0.39, 0.29) is 12.6 Å². The summed E-state index contributed by atoms with van der Waals surface area (Å²) in [4.78, 5) is 0. The number of nitrogens with two attached hydrogens (primary N) is 1.